The molecule has 0 aliphatic carbocycles. The lowest BCUT2D eigenvalue weighted by atomic mass is 10.0. The molecule has 45 heavy (non-hydrogen) atoms. The van der Waals surface area contributed by atoms with Gasteiger partial charge in [-0.1, -0.05) is 96.8 Å². The number of unbranched alkanes of at least 4 members (excludes halogenated alkanes) is 15. The minimum Gasteiger partial charge on any atom is -1.00 e. The Kier molecular flexibility index (Phi) is 22.9. The molecule has 1 aromatic heterocycles. The van der Waals surface area contributed by atoms with Gasteiger partial charge in [0.05, 0.1) is 12.6 Å². The zero-order valence-electron chi connectivity index (χ0n) is 28.6. The Bertz CT molecular complexity index is 910. The highest BCUT2D eigenvalue weighted by Gasteiger charge is 2.36. The quantitative estimate of drug-likeness (QED) is 0.111. The van der Waals surface area contributed by atoms with Crippen LogP contribution in [-0.4, -0.2) is 72.3 Å². The molecule has 3 aliphatic heterocycles. The van der Waals surface area contributed by atoms with Gasteiger partial charge in [-0.15, -0.1) is 0 Å². The third-order valence-electron chi connectivity index (χ3n) is 9.42. The number of quaternary nitrogens is 1. The smallest absolute Gasteiger partial charge is 0.270 e. The fourth-order valence-corrected chi connectivity index (χ4v) is 6.68. The number of nitrogens with zero attached hydrogens (tertiary/aromatic N) is 4. The minimum atomic E-state index is 0. The lowest BCUT2D eigenvalue weighted by Gasteiger charge is -2.35. The van der Waals surface area contributed by atoms with Gasteiger partial charge < -0.3 is 29.6 Å². The van der Waals surface area contributed by atoms with Gasteiger partial charge in [-0.05, 0) is 25.7 Å². The molecule has 0 bridgehead atoms. The maximum absolute atomic E-state index is 12.0. The third kappa shape index (κ3) is 16.9. The highest BCUT2D eigenvalue weighted by atomic mass is 35.5. The van der Waals surface area contributed by atoms with Crippen molar-refractivity contribution in [1.29, 1.82) is 0 Å². The Morgan fingerprint density at radius 3 is 1.69 bits per heavy atom. The normalized spacial score (nSPS) is 19.4. The second-order valence-electron chi connectivity index (χ2n) is 13.4. The predicted molar refractivity (Wildman–Crippen MR) is 171 cm³/mol. The molecule has 262 valence electrons. The summed E-state index contributed by atoms with van der Waals surface area (Å²) in [5.41, 5.74) is 0. The molecule has 0 aromatic carbocycles. The van der Waals surface area contributed by atoms with Crippen molar-refractivity contribution in [3.8, 4) is 0 Å². The van der Waals surface area contributed by atoms with E-state index in [0.29, 0.717) is 19.0 Å². The number of aryl methyl sites for hydroxylation is 1. The van der Waals surface area contributed by atoms with Crippen LogP contribution < -0.4 is 29.6 Å². The van der Waals surface area contributed by atoms with E-state index in [1.165, 1.54) is 109 Å². The number of ether oxygens (including phenoxy) is 1. The number of carbonyl (C=O) groups is 2. The maximum atomic E-state index is 12.0. The highest BCUT2D eigenvalue weighted by Crippen LogP contribution is 2.21. The molecule has 3 saturated heterocycles. The zero-order chi connectivity index (χ0) is 30.6. The van der Waals surface area contributed by atoms with Crippen molar-refractivity contribution < 1.29 is 52.9 Å². The summed E-state index contributed by atoms with van der Waals surface area (Å²) < 4.78 is 13.7. The second-order valence-corrected chi connectivity index (χ2v) is 13.4. The van der Waals surface area contributed by atoms with Crippen molar-refractivity contribution in [3.63, 3.8) is 0 Å². The van der Waals surface area contributed by atoms with Crippen LogP contribution in [0.4, 0.5) is 0 Å². The molecule has 1 atom stereocenters. The van der Waals surface area contributed by atoms with Crippen molar-refractivity contribution in [3.05, 3.63) is 18.0 Å². The summed E-state index contributed by atoms with van der Waals surface area (Å²) in [5, 5.41) is 0. The standard InChI is InChI=1S/C26H51N2O2.C9H13N2O2.2ClH/c1-2-3-4-5-6-7-8-9-10-11-12-13-14-15-16-17-21-28(22-23-30-25-28)24-27-20-18-19-26(27)29;1-8-4-6-11(13-8)7-10-5-2-3-9(10)12;;/h2-25H2,1H3;4,6H,2-3,5,7H2,1H3;2*1H/q2*+1;;/p-2. The SMILES string of the molecule is CCCCCCCCCCCCCCCCCC[N+]1(CN2CCCC2=O)CCOC1.Cc1cc[n+](CN2CCCC2=O)o1.[Cl-].[Cl-]. The Labute approximate surface area is 287 Å². The summed E-state index contributed by atoms with van der Waals surface area (Å²) >= 11 is 0. The summed E-state index contributed by atoms with van der Waals surface area (Å²) in [5.74, 6) is 1.44. The number of rotatable bonds is 21. The summed E-state index contributed by atoms with van der Waals surface area (Å²) in [4.78, 5) is 27.2. The average Bonchev–Trinajstić information content (AvgIpc) is 3.81. The van der Waals surface area contributed by atoms with E-state index in [4.69, 9.17) is 9.26 Å². The largest absolute Gasteiger partial charge is 1.00 e. The van der Waals surface area contributed by atoms with Gasteiger partial charge in [-0.2, -0.15) is 0 Å². The monoisotopic (exact) mass is 674 g/mol. The van der Waals surface area contributed by atoms with Crippen molar-refractivity contribution in [2.24, 2.45) is 0 Å². The Hall–Kier alpha value is -1.35. The van der Waals surface area contributed by atoms with Gasteiger partial charge in [0.25, 0.3) is 6.67 Å². The summed E-state index contributed by atoms with van der Waals surface area (Å²) in [6, 6.07) is 1.89. The van der Waals surface area contributed by atoms with E-state index >= 15 is 0 Å². The second kappa shape index (κ2) is 24.8. The van der Waals surface area contributed by atoms with Gasteiger partial charge >= 0.3 is 0 Å². The highest BCUT2D eigenvalue weighted by molar-refractivity contribution is 5.78. The minimum absolute atomic E-state index is 0. The molecule has 0 N–H and O–H groups in total. The molecule has 0 radical (unpaired) electrons. The Morgan fingerprint density at radius 1 is 0.756 bits per heavy atom. The predicted octanol–water partition coefficient (Wildman–Crippen LogP) is 1.10. The molecule has 2 amide bonds. The van der Waals surface area contributed by atoms with Crippen LogP contribution in [0.2, 0.25) is 0 Å². The van der Waals surface area contributed by atoms with E-state index in [0.717, 1.165) is 69.1 Å². The first kappa shape index (κ1) is 41.7. The fraction of sp³-hybridized carbons (Fsp3) is 0.857. The van der Waals surface area contributed by atoms with E-state index in [1.807, 2.05) is 24.1 Å². The number of carbonyl (C=O) groups excluding carboxylic acids is 2. The van der Waals surface area contributed by atoms with Gasteiger partial charge in [-0.25, -0.2) is 4.52 Å². The molecule has 0 spiro atoms. The van der Waals surface area contributed by atoms with Crippen LogP contribution in [0, 0.1) is 6.92 Å². The van der Waals surface area contributed by atoms with Crippen LogP contribution in [0.3, 0.4) is 0 Å². The van der Waals surface area contributed by atoms with E-state index in [9.17, 15) is 9.59 Å². The molecule has 3 aliphatic rings. The maximum Gasteiger partial charge on any atom is 0.270 e. The number of amides is 2. The van der Waals surface area contributed by atoms with Crippen LogP contribution in [0.15, 0.2) is 16.8 Å². The van der Waals surface area contributed by atoms with E-state index in [1.54, 1.807) is 4.74 Å². The van der Waals surface area contributed by atoms with Gasteiger partial charge in [0.1, 0.15) is 13.2 Å². The third-order valence-corrected chi connectivity index (χ3v) is 9.42. The molecular formula is C35H64Cl2N4O4. The Morgan fingerprint density at radius 2 is 1.27 bits per heavy atom. The van der Waals surface area contributed by atoms with Gasteiger partial charge in [0.15, 0.2) is 19.2 Å². The van der Waals surface area contributed by atoms with E-state index < -0.39 is 0 Å². The molecule has 3 fully saturated rings. The zero-order valence-corrected chi connectivity index (χ0v) is 30.1. The van der Waals surface area contributed by atoms with Crippen LogP contribution in [0.1, 0.15) is 141 Å². The van der Waals surface area contributed by atoms with Crippen molar-refractivity contribution in [2.45, 2.75) is 149 Å². The lowest BCUT2D eigenvalue weighted by molar-refractivity contribution is -0.933. The Balaban J connectivity index is 0.000000563. The summed E-state index contributed by atoms with van der Waals surface area (Å²) in [6.45, 7) is 11.4. The summed E-state index contributed by atoms with van der Waals surface area (Å²) in [6.07, 6.45) is 27.9. The van der Waals surface area contributed by atoms with Crippen molar-refractivity contribution >= 4 is 11.8 Å². The molecule has 4 heterocycles. The fourth-order valence-electron chi connectivity index (χ4n) is 6.68. The molecule has 0 saturated carbocycles. The molecule has 8 nitrogen and oxygen atoms in total. The van der Waals surface area contributed by atoms with Crippen molar-refractivity contribution in [1.82, 2.24) is 9.80 Å². The molecular weight excluding hydrogens is 611 g/mol. The van der Waals surface area contributed by atoms with Crippen LogP contribution in [0.5, 0.6) is 0 Å². The molecule has 1 unspecified atom stereocenters. The molecule has 10 heteroatoms. The topological polar surface area (TPSA) is 66.9 Å². The van der Waals surface area contributed by atoms with Crippen LogP contribution in [0.25, 0.3) is 0 Å². The first-order valence-corrected chi connectivity index (χ1v) is 18.0. The first-order chi connectivity index (χ1) is 21.0. The number of likely N-dealkylation sites (tertiary alicyclic amines) is 2. The van der Waals surface area contributed by atoms with Gasteiger partial charge in [0.2, 0.25) is 18.0 Å². The average molecular weight is 676 g/mol. The summed E-state index contributed by atoms with van der Waals surface area (Å²) in [7, 11) is 0. The number of hydrogen-bond acceptors (Lipinski definition) is 4. The van der Waals surface area contributed by atoms with Gasteiger partial charge in [-0.3, -0.25) is 23.9 Å². The van der Waals surface area contributed by atoms with Crippen molar-refractivity contribution in [2.75, 3.05) is 46.2 Å². The molecule has 4 rings (SSSR count). The first-order valence-electron chi connectivity index (χ1n) is 18.0. The van der Waals surface area contributed by atoms with E-state index in [2.05, 4.69) is 11.8 Å². The number of hydrogen-bond donors (Lipinski definition) is 0. The lowest BCUT2D eigenvalue weighted by Crippen LogP contribution is -3.00. The number of aromatic nitrogens is 1. The van der Waals surface area contributed by atoms with E-state index in [-0.39, 0.29) is 30.7 Å². The van der Waals surface area contributed by atoms with Gasteiger partial charge in [0, 0.05) is 37.6 Å². The number of halogens is 2. The van der Waals surface area contributed by atoms with Crippen LogP contribution in [-0.2, 0) is 21.0 Å². The molecule has 1 aromatic rings. The van der Waals surface area contributed by atoms with Crippen LogP contribution >= 0.6 is 0 Å².